The van der Waals surface area contributed by atoms with Gasteiger partial charge in [-0.3, -0.25) is 9.59 Å². The summed E-state index contributed by atoms with van der Waals surface area (Å²) in [5.74, 6) is -2.22. The Kier molecular flexibility index (Phi) is 7.03. The molecule has 1 heterocycles. The summed E-state index contributed by atoms with van der Waals surface area (Å²) >= 11 is 5.76. The van der Waals surface area contributed by atoms with E-state index in [1.165, 1.54) is 17.7 Å². The van der Waals surface area contributed by atoms with E-state index in [9.17, 15) is 14.0 Å². The Morgan fingerprint density at radius 2 is 1.79 bits per heavy atom. The van der Waals surface area contributed by atoms with Crippen LogP contribution in [0.3, 0.4) is 0 Å². The molecule has 3 aromatic rings. The van der Waals surface area contributed by atoms with Crippen LogP contribution in [0.4, 0.5) is 21.5 Å². The minimum absolute atomic E-state index is 0.132. The van der Waals surface area contributed by atoms with Gasteiger partial charge in [0, 0.05) is 44.2 Å². The van der Waals surface area contributed by atoms with Gasteiger partial charge in [0.1, 0.15) is 5.82 Å². The zero-order chi connectivity index (χ0) is 24.2. The van der Waals surface area contributed by atoms with Crippen molar-refractivity contribution in [3.63, 3.8) is 0 Å². The fourth-order valence-corrected chi connectivity index (χ4v) is 4.30. The summed E-state index contributed by atoms with van der Waals surface area (Å²) in [6.07, 6.45) is 0.919. The van der Waals surface area contributed by atoms with Gasteiger partial charge in [-0.25, -0.2) is 4.39 Å². The van der Waals surface area contributed by atoms with Gasteiger partial charge in [-0.1, -0.05) is 41.9 Å². The molecule has 8 heteroatoms. The predicted octanol–water partition coefficient (Wildman–Crippen LogP) is 4.40. The first-order valence-corrected chi connectivity index (χ1v) is 11.4. The molecule has 34 heavy (non-hydrogen) atoms. The van der Waals surface area contributed by atoms with E-state index < -0.39 is 17.6 Å². The monoisotopic (exact) mass is 480 g/mol. The molecule has 2 N–H and O–H groups in total. The number of carbonyl (C=O) groups excluding carboxylic acids is 2. The van der Waals surface area contributed by atoms with Crippen molar-refractivity contribution in [2.75, 3.05) is 42.3 Å². The van der Waals surface area contributed by atoms with Gasteiger partial charge in [0.15, 0.2) is 0 Å². The molecule has 0 saturated carbocycles. The normalized spacial score (nSPS) is 13.2. The number of halogens is 2. The number of nitrogens with zero attached hydrogens (tertiary/aromatic N) is 2. The number of benzene rings is 3. The van der Waals surface area contributed by atoms with Crippen LogP contribution in [0.5, 0.6) is 0 Å². The molecule has 0 aliphatic carbocycles. The summed E-state index contributed by atoms with van der Waals surface area (Å²) in [5, 5.41) is 5.09. The van der Waals surface area contributed by atoms with Crippen LogP contribution in [-0.2, 0) is 16.0 Å². The van der Waals surface area contributed by atoms with Gasteiger partial charge in [-0.15, -0.1) is 0 Å². The Balaban J connectivity index is 1.51. The molecule has 1 unspecified atom stereocenters. The fourth-order valence-electron chi connectivity index (χ4n) is 4.12. The minimum Gasteiger partial charge on any atom is -0.378 e. The summed E-state index contributed by atoms with van der Waals surface area (Å²) in [5.41, 5.74) is 4.74. The molecule has 0 radical (unpaired) electrons. The van der Waals surface area contributed by atoms with Gasteiger partial charge in [0.05, 0.1) is 11.1 Å². The first-order chi connectivity index (χ1) is 16.3. The van der Waals surface area contributed by atoms with Gasteiger partial charge < -0.3 is 20.4 Å². The van der Waals surface area contributed by atoms with Gasteiger partial charge >= 0.3 is 11.8 Å². The van der Waals surface area contributed by atoms with Crippen molar-refractivity contribution < 1.29 is 14.0 Å². The van der Waals surface area contributed by atoms with Crippen LogP contribution < -0.4 is 20.4 Å². The molecule has 1 aliphatic rings. The summed E-state index contributed by atoms with van der Waals surface area (Å²) < 4.78 is 13.4. The van der Waals surface area contributed by atoms with Crippen molar-refractivity contribution in [2.45, 2.75) is 12.5 Å². The topological polar surface area (TPSA) is 64.7 Å². The average Bonchev–Trinajstić information content (AvgIpc) is 3.26. The molecule has 0 aromatic heterocycles. The average molecular weight is 481 g/mol. The number of nitrogens with one attached hydrogen (secondary N) is 2. The van der Waals surface area contributed by atoms with Crippen LogP contribution >= 0.6 is 11.6 Å². The lowest BCUT2D eigenvalue weighted by atomic mass is 10.0. The molecular formula is C26H26ClFN4O2. The standard InChI is InChI=1S/C26H26ClFN4O2/c1-31(2)20-10-7-18(8-11-20)24(32-14-13-17-5-3-4-6-23(17)32)16-29-25(33)26(34)30-19-9-12-22(28)21(27)15-19/h3-12,15,24H,13-14,16H2,1-2H3,(H,29,33)(H,30,34). The summed E-state index contributed by atoms with van der Waals surface area (Å²) in [6, 6.07) is 20.0. The second-order valence-electron chi connectivity index (χ2n) is 8.37. The molecule has 6 nitrogen and oxygen atoms in total. The maximum absolute atomic E-state index is 13.4. The van der Waals surface area contributed by atoms with E-state index in [1.54, 1.807) is 0 Å². The molecule has 3 aromatic carbocycles. The Hall–Kier alpha value is -3.58. The summed E-state index contributed by atoms with van der Waals surface area (Å²) in [7, 11) is 3.96. The van der Waals surface area contributed by atoms with E-state index in [4.69, 9.17) is 11.6 Å². The van der Waals surface area contributed by atoms with Gasteiger partial charge in [0.25, 0.3) is 0 Å². The van der Waals surface area contributed by atoms with Crippen LogP contribution in [0.15, 0.2) is 66.7 Å². The SMILES string of the molecule is CN(C)c1ccc(C(CNC(=O)C(=O)Nc2ccc(F)c(Cl)c2)N2CCc3ccccc32)cc1. The number of rotatable bonds is 6. The molecule has 176 valence electrons. The summed E-state index contributed by atoms with van der Waals surface area (Å²) in [4.78, 5) is 29.3. The van der Waals surface area contributed by atoms with Crippen molar-refractivity contribution in [3.05, 3.63) is 88.7 Å². The zero-order valence-electron chi connectivity index (χ0n) is 19.0. The first kappa shape index (κ1) is 23.6. The molecular weight excluding hydrogens is 455 g/mol. The molecule has 0 saturated heterocycles. The Morgan fingerprint density at radius 1 is 1.06 bits per heavy atom. The Labute approximate surface area is 203 Å². The number of hydrogen-bond acceptors (Lipinski definition) is 4. The van der Waals surface area contributed by atoms with Crippen molar-refractivity contribution in [1.29, 1.82) is 0 Å². The quantitative estimate of drug-likeness (QED) is 0.513. The smallest absolute Gasteiger partial charge is 0.313 e. The molecule has 1 aliphatic heterocycles. The molecule has 2 amide bonds. The van der Waals surface area contributed by atoms with E-state index in [0.29, 0.717) is 0 Å². The molecule has 0 spiro atoms. The van der Waals surface area contributed by atoms with Crippen LogP contribution in [0, 0.1) is 5.82 Å². The van der Waals surface area contributed by atoms with Crippen LogP contribution in [0.25, 0.3) is 0 Å². The highest BCUT2D eigenvalue weighted by Gasteiger charge is 2.28. The lowest BCUT2D eigenvalue weighted by Crippen LogP contribution is -2.41. The Bertz CT molecular complexity index is 1200. The largest absolute Gasteiger partial charge is 0.378 e. The lowest BCUT2D eigenvalue weighted by molar-refractivity contribution is -0.136. The molecule has 0 fully saturated rings. The molecule has 4 rings (SSSR count). The number of hydrogen-bond donors (Lipinski definition) is 2. The van der Waals surface area contributed by atoms with Crippen molar-refractivity contribution in [2.24, 2.45) is 0 Å². The number of para-hydroxylation sites is 1. The number of anilines is 3. The summed E-state index contributed by atoms with van der Waals surface area (Å²) in [6.45, 7) is 1.06. The highest BCUT2D eigenvalue weighted by Crippen LogP contribution is 2.35. The van der Waals surface area contributed by atoms with Gasteiger partial charge in [0.2, 0.25) is 0 Å². The second-order valence-corrected chi connectivity index (χ2v) is 8.77. The van der Waals surface area contributed by atoms with Crippen LogP contribution in [0.2, 0.25) is 5.02 Å². The predicted molar refractivity (Wildman–Crippen MR) is 134 cm³/mol. The van der Waals surface area contributed by atoms with E-state index in [1.807, 2.05) is 55.4 Å². The number of amides is 2. The zero-order valence-corrected chi connectivity index (χ0v) is 19.8. The third kappa shape index (κ3) is 5.15. The highest BCUT2D eigenvalue weighted by molar-refractivity contribution is 6.39. The highest BCUT2D eigenvalue weighted by atomic mass is 35.5. The van der Waals surface area contributed by atoms with E-state index in [2.05, 4.69) is 27.7 Å². The maximum atomic E-state index is 13.4. The van der Waals surface area contributed by atoms with Crippen molar-refractivity contribution >= 4 is 40.5 Å². The third-order valence-electron chi connectivity index (χ3n) is 5.93. The molecule has 0 bridgehead atoms. The third-order valence-corrected chi connectivity index (χ3v) is 6.22. The van der Waals surface area contributed by atoms with Gasteiger partial charge in [-0.05, 0) is 53.9 Å². The Morgan fingerprint density at radius 3 is 2.50 bits per heavy atom. The van der Waals surface area contributed by atoms with Crippen LogP contribution in [-0.4, -0.2) is 39.0 Å². The van der Waals surface area contributed by atoms with Crippen molar-refractivity contribution in [3.8, 4) is 0 Å². The van der Waals surface area contributed by atoms with Gasteiger partial charge in [-0.2, -0.15) is 0 Å². The van der Waals surface area contributed by atoms with E-state index in [0.717, 1.165) is 36.0 Å². The maximum Gasteiger partial charge on any atom is 0.313 e. The van der Waals surface area contributed by atoms with Crippen LogP contribution in [0.1, 0.15) is 17.2 Å². The molecule has 1 atom stereocenters. The number of fused-ring (bicyclic) bond motifs is 1. The second kappa shape index (κ2) is 10.1. The van der Waals surface area contributed by atoms with E-state index in [-0.39, 0.29) is 23.3 Å². The first-order valence-electron chi connectivity index (χ1n) is 11.0. The van der Waals surface area contributed by atoms with E-state index >= 15 is 0 Å². The minimum atomic E-state index is -0.841. The van der Waals surface area contributed by atoms with Crippen molar-refractivity contribution in [1.82, 2.24) is 5.32 Å². The number of carbonyl (C=O) groups is 2. The lowest BCUT2D eigenvalue weighted by Gasteiger charge is -2.31. The fraction of sp³-hybridized carbons (Fsp3) is 0.231.